The molecule has 0 spiro atoms. The summed E-state index contributed by atoms with van der Waals surface area (Å²) in [4.78, 5) is 24.4. The highest BCUT2D eigenvalue weighted by molar-refractivity contribution is 7.80. The van der Waals surface area contributed by atoms with Gasteiger partial charge in [0.05, 0.1) is 18.4 Å². The fourth-order valence-electron chi connectivity index (χ4n) is 3.13. The van der Waals surface area contributed by atoms with Crippen LogP contribution in [0.4, 0.5) is 0 Å². The highest BCUT2D eigenvalue weighted by Crippen LogP contribution is 2.20. The first-order valence-electron chi connectivity index (χ1n) is 9.36. The number of aliphatic carboxylic acids is 1. The van der Waals surface area contributed by atoms with Gasteiger partial charge in [-0.05, 0) is 29.2 Å². The Morgan fingerprint density at radius 1 is 0.931 bits per heavy atom. The normalized spacial score (nSPS) is 12.9. The first kappa shape index (κ1) is 20.7. The number of carbonyl (C=O) groups is 2. The van der Waals surface area contributed by atoms with E-state index in [0.29, 0.717) is 12.2 Å². The van der Waals surface area contributed by atoms with Gasteiger partial charge in [0.1, 0.15) is 6.04 Å². The highest BCUT2D eigenvalue weighted by atomic mass is 32.1. The molecule has 0 saturated heterocycles. The second-order valence-corrected chi connectivity index (χ2v) is 7.25. The van der Waals surface area contributed by atoms with Gasteiger partial charge in [-0.3, -0.25) is 4.79 Å². The van der Waals surface area contributed by atoms with Crippen molar-refractivity contribution >= 4 is 24.5 Å². The van der Waals surface area contributed by atoms with Crippen molar-refractivity contribution in [2.45, 2.75) is 18.9 Å². The molecule has 2 N–H and O–H groups in total. The van der Waals surface area contributed by atoms with E-state index >= 15 is 0 Å². The molecule has 150 valence electrons. The average molecular weight is 410 g/mol. The molecule has 2 aromatic carbocycles. The molecule has 3 aromatic rings. The summed E-state index contributed by atoms with van der Waals surface area (Å²) in [6.45, 7) is 0. The molecule has 0 radical (unpaired) electrons. The molecule has 3 rings (SSSR count). The van der Waals surface area contributed by atoms with Crippen LogP contribution in [0, 0.1) is 5.92 Å². The summed E-state index contributed by atoms with van der Waals surface area (Å²) in [5, 5.41) is 12.3. The predicted molar refractivity (Wildman–Crippen MR) is 115 cm³/mol. The molecule has 29 heavy (non-hydrogen) atoms. The van der Waals surface area contributed by atoms with Crippen LogP contribution >= 0.6 is 12.6 Å². The van der Waals surface area contributed by atoms with E-state index in [2.05, 4.69) is 17.9 Å². The van der Waals surface area contributed by atoms with Crippen LogP contribution in [0.3, 0.4) is 0 Å². The fourth-order valence-corrected chi connectivity index (χ4v) is 3.42. The zero-order valence-corrected chi connectivity index (χ0v) is 16.7. The van der Waals surface area contributed by atoms with Crippen LogP contribution in [0.25, 0.3) is 11.1 Å². The Kier molecular flexibility index (Phi) is 7.14. The lowest BCUT2D eigenvalue weighted by atomic mass is 9.98. The van der Waals surface area contributed by atoms with Crippen LogP contribution in [0.15, 0.2) is 77.6 Å². The Bertz CT molecular complexity index is 923. The quantitative estimate of drug-likeness (QED) is 0.469. The molecule has 0 fully saturated rings. The van der Waals surface area contributed by atoms with Gasteiger partial charge in [0.25, 0.3) is 0 Å². The largest absolute Gasteiger partial charge is 0.480 e. The number of nitrogens with one attached hydrogen (secondary N) is 1. The second-order valence-electron chi connectivity index (χ2n) is 6.88. The Morgan fingerprint density at radius 3 is 2.21 bits per heavy atom. The van der Waals surface area contributed by atoms with Gasteiger partial charge in [-0.1, -0.05) is 54.6 Å². The van der Waals surface area contributed by atoms with E-state index in [1.54, 1.807) is 12.5 Å². The van der Waals surface area contributed by atoms with Crippen molar-refractivity contribution in [1.29, 1.82) is 0 Å². The summed E-state index contributed by atoms with van der Waals surface area (Å²) >= 11 is 4.28. The topological polar surface area (TPSA) is 79.5 Å². The Labute approximate surface area is 175 Å². The molecular weight excluding hydrogens is 386 g/mol. The molecule has 0 unspecified atom stereocenters. The number of amides is 1. The molecule has 5 nitrogen and oxygen atoms in total. The van der Waals surface area contributed by atoms with E-state index in [4.69, 9.17) is 4.42 Å². The number of hydrogen-bond donors (Lipinski definition) is 3. The molecule has 1 aromatic heterocycles. The van der Waals surface area contributed by atoms with Crippen molar-refractivity contribution in [3.63, 3.8) is 0 Å². The molecule has 1 amide bonds. The van der Waals surface area contributed by atoms with E-state index < -0.39 is 17.9 Å². The Balaban J connectivity index is 1.64. The minimum atomic E-state index is -1.06. The van der Waals surface area contributed by atoms with Gasteiger partial charge >= 0.3 is 5.97 Å². The van der Waals surface area contributed by atoms with Gasteiger partial charge < -0.3 is 14.8 Å². The minimum absolute atomic E-state index is 0.206. The molecular formula is C23H23NO4S. The number of hydrogen-bond acceptors (Lipinski definition) is 4. The van der Waals surface area contributed by atoms with E-state index in [0.717, 1.165) is 22.3 Å². The SMILES string of the molecule is O=C(N[C@@H](Cc1ccc(-c2ccoc2)cc1)C(=O)O)[C@@H](CS)Cc1ccccc1. The molecule has 6 heteroatoms. The van der Waals surface area contributed by atoms with Crippen molar-refractivity contribution in [3.05, 3.63) is 84.3 Å². The number of furan rings is 1. The standard InChI is InChI=1S/C23H23NO4S/c25-22(20(15-29)12-16-4-2-1-3-5-16)24-21(23(26)27)13-17-6-8-18(9-7-17)19-10-11-28-14-19/h1-11,14,20-21,29H,12-13,15H2,(H,24,25)(H,26,27)/t20-,21+/m1/s1. The van der Waals surface area contributed by atoms with Gasteiger partial charge in [0.2, 0.25) is 5.91 Å². The third-order valence-corrected chi connectivity index (χ3v) is 5.22. The van der Waals surface area contributed by atoms with Crippen molar-refractivity contribution in [3.8, 4) is 11.1 Å². The Hall–Kier alpha value is -2.99. The van der Waals surface area contributed by atoms with Crippen LogP contribution in [0.2, 0.25) is 0 Å². The van der Waals surface area contributed by atoms with Crippen molar-refractivity contribution < 1.29 is 19.1 Å². The van der Waals surface area contributed by atoms with E-state index in [1.807, 2.05) is 60.7 Å². The number of rotatable bonds is 9. The zero-order chi connectivity index (χ0) is 20.6. The van der Waals surface area contributed by atoms with E-state index in [-0.39, 0.29) is 12.3 Å². The van der Waals surface area contributed by atoms with Crippen LogP contribution in [0.1, 0.15) is 11.1 Å². The summed E-state index contributed by atoms with van der Waals surface area (Å²) < 4.78 is 5.08. The van der Waals surface area contributed by atoms with Gasteiger partial charge in [-0.2, -0.15) is 12.6 Å². The Morgan fingerprint density at radius 2 is 1.62 bits per heavy atom. The zero-order valence-electron chi connectivity index (χ0n) is 15.8. The monoisotopic (exact) mass is 409 g/mol. The van der Waals surface area contributed by atoms with Crippen molar-refractivity contribution in [1.82, 2.24) is 5.32 Å². The maximum absolute atomic E-state index is 12.7. The molecule has 0 aliphatic rings. The maximum atomic E-state index is 12.7. The first-order valence-corrected chi connectivity index (χ1v) is 9.99. The van der Waals surface area contributed by atoms with Crippen LogP contribution in [-0.4, -0.2) is 28.8 Å². The fraction of sp³-hybridized carbons (Fsp3) is 0.217. The summed E-state index contributed by atoms with van der Waals surface area (Å²) in [7, 11) is 0. The van der Waals surface area contributed by atoms with Crippen LogP contribution in [-0.2, 0) is 22.4 Å². The van der Waals surface area contributed by atoms with Gasteiger partial charge in [0.15, 0.2) is 0 Å². The maximum Gasteiger partial charge on any atom is 0.326 e. The molecule has 1 heterocycles. The van der Waals surface area contributed by atoms with Crippen LogP contribution < -0.4 is 5.32 Å². The van der Waals surface area contributed by atoms with E-state index in [1.165, 1.54) is 0 Å². The summed E-state index contributed by atoms with van der Waals surface area (Å²) in [5.74, 6) is -1.42. The average Bonchev–Trinajstić information content (AvgIpc) is 3.27. The number of benzene rings is 2. The predicted octanol–water partition coefficient (Wildman–Crippen LogP) is 3.85. The lowest BCUT2D eigenvalue weighted by molar-refractivity contribution is -0.142. The molecule has 0 bridgehead atoms. The lowest BCUT2D eigenvalue weighted by Crippen LogP contribution is -2.45. The summed E-state index contributed by atoms with van der Waals surface area (Å²) in [6, 6.07) is 18.0. The molecule has 0 aliphatic carbocycles. The lowest BCUT2D eigenvalue weighted by Gasteiger charge is -2.19. The number of carboxylic acids is 1. The third kappa shape index (κ3) is 5.74. The number of carbonyl (C=O) groups excluding carboxylic acids is 1. The van der Waals surface area contributed by atoms with Crippen LogP contribution in [0.5, 0.6) is 0 Å². The minimum Gasteiger partial charge on any atom is -0.480 e. The highest BCUT2D eigenvalue weighted by Gasteiger charge is 2.25. The number of thiol groups is 1. The van der Waals surface area contributed by atoms with E-state index in [9.17, 15) is 14.7 Å². The summed E-state index contributed by atoms with van der Waals surface area (Å²) in [5.41, 5.74) is 3.78. The second kappa shape index (κ2) is 9.98. The number of carboxylic acid groups (broad SMARTS) is 1. The molecule has 0 saturated carbocycles. The van der Waals surface area contributed by atoms with Gasteiger partial charge in [0, 0.05) is 17.7 Å². The summed E-state index contributed by atoms with van der Waals surface area (Å²) in [6.07, 6.45) is 3.98. The van der Waals surface area contributed by atoms with Gasteiger partial charge in [-0.15, -0.1) is 0 Å². The smallest absolute Gasteiger partial charge is 0.326 e. The third-order valence-electron chi connectivity index (χ3n) is 4.78. The molecule has 0 aliphatic heterocycles. The van der Waals surface area contributed by atoms with Crippen molar-refractivity contribution in [2.75, 3.05) is 5.75 Å². The van der Waals surface area contributed by atoms with Gasteiger partial charge in [-0.25, -0.2) is 4.79 Å². The molecule has 2 atom stereocenters. The van der Waals surface area contributed by atoms with Crippen molar-refractivity contribution in [2.24, 2.45) is 5.92 Å². The first-order chi connectivity index (χ1) is 14.1.